The number of methoxy groups -OCH3 is 2. The molecule has 0 radical (unpaired) electrons. The number of benzene rings is 2. The molecule has 0 unspecified atom stereocenters. The number of carbonyl (C=O) groups is 1. The van der Waals surface area contributed by atoms with Crippen molar-refractivity contribution in [3.05, 3.63) is 47.5 Å². The van der Waals surface area contributed by atoms with Gasteiger partial charge in [-0.25, -0.2) is 0 Å². The molecule has 134 valence electrons. The maximum Gasteiger partial charge on any atom is 0.262 e. The van der Waals surface area contributed by atoms with Gasteiger partial charge in [-0.2, -0.15) is 0 Å². The lowest BCUT2D eigenvalue weighted by Gasteiger charge is -2.17. The highest BCUT2D eigenvalue weighted by Crippen LogP contribution is 2.29. The van der Waals surface area contributed by atoms with Crippen LogP contribution in [0.25, 0.3) is 0 Å². The van der Waals surface area contributed by atoms with Crippen molar-refractivity contribution < 1.29 is 19.0 Å². The Hall–Kier alpha value is -2.69. The Bertz CT molecular complexity index is 718. The van der Waals surface area contributed by atoms with Crippen molar-refractivity contribution in [1.82, 2.24) is 0 Å². The topological polar surface area (TPSA) is 56.8 Å². The smallest absolute Gasteiger partial charge is 0.262 e. The molecule has 0 fully saturated rings. The van der Waals surface area contributed by atoms with Gasteiger partial charge < -0.3 is 19.5 Å². The van der Waals surface area contributed by atoms with Gasteiger partial charge in [0.25, 0.3) is 5.91 Å². The largest absolute Gasteiger partial charge is 0.496 e. The Balaban J connectivity index is 2.07. The number of hydrogen-bond donors (Lipinski definition) is 1. The van der Waals surface area contributed by atoms with Gasteiger partial charge in [0.1, 0.15) is 17.2 Å². The lowest BCUT2D eigenvalue weighted by molar-refractivity contribution is -0.118. The number of rotatable bonds is 7. The zero-order valence-electron chi connectivity index (χ0n) is 15.4. The third kappa shape index (κ3) is 4.89. The van der Waals surface area contributed by atoms with Gasteiger partial charge in [0.2, 0.25) is 0 Å². The molecule has 0 aliphatic carbocycles. The Morgan fingerprint density at radius 1 is 1.04 bits per heavy atom. The minimum atomic E-state index is -0.210. The van der Waals surface area contributed by atoms with Crippen LogP contribution in [0.3, 0.4) is 0 Å². The maximum atomic E-state index is 12.3. The second kappa shape index (κ2) is 8.42. The summed E-state index contributed by atoms with van der Waals surface area (Å²) in [4.78, 5) is 12.3. The van der Waals surface area contributed by atoms with Crippen LogP contribution in [0, 0.1) is 6.92 Å². The molecule has 0 atom stereocenters. The minimum absolute atomic E-state index is 0.0950. The zero-order chi connectivity index (χ0) is 18.4. The molecule has 0 heterocycles. The summed E-state index contributed by atoms with van der Waals surface area (Å²) in [7, 11) is 3.13. The quantitative estimate of drug-likeness (QED) is 0.820. The first kappa shape index (κ1) is 18.6. The fourth-order valence-electron chi connectivity index (χ4n) is 2.53. The molecule has 0 aliphatic heterocycles. The van der Waals surface area contributed by atoms with Gasteiger partial charge in [-0.1, -0.05) is 32.0 Å². The number of amides is 1. The van der Waals surface area contributed by atoms with Gasteiger partial charge in [0.15, 0.2) is 6.61 Å². The Labute approximate surface area is 148 Å². The fourth-order valence-corrected chi connectivity index (χ4v) is 2.53. The molecule has 0 saturated heterocycles. The highest BCUT2D eigenvalue weighted by molar-refractivity contribution is 5.93. The molecule has 0 spiro atoms. The van der Waals surface area contributed by atoms with Crippen LogP contribution in [0.15, 0.2) is 36.4 Å². The summed E-state index contributed by atoms with van der Waals surface area (Å²) in [6.45, 7) is 6.09. The Morgan fingerprint density at radius 2 is 1.64 bits per heavy atom. The van der Waals surface area contributed by atoms with Crippen LogP contribution in [0.1, 0.15) is 30.9 Å². The number of hydrogen-bond acceptors (Lipinski definition) is 4. The van der Waals surface area contributed by atoms with E-state index in [2.05, 4.69) is 19.2 Å². The van der Waals surface area contributed by atoms with Gasteiger partial charge in [0.05, 0.1) is 14.2 Å². The van der Waals surface area contributed by atoms with Crippen molar-refractivity contribution in [2.75, 3.05) is 26.1 Å². The van der Waals surface area contributed by atoms with Crippen molar-refractivity contribution in [1.29, 1.82) is 0 Å². The van der Waals surface area contributed by atoms with E-state index < -0.39 is 0 Å². The van der Waals surface area contributed by atoms with Gasteiger partial charge in [0, 0.05) is 23.9 Å². The van der Waals surface area contributed by atoms with Crippen LogP contribution in [0.4, 0.5) is 5.69 Å². The zero-order valence-corrected chi connectivity index (χ0v) is 15.4. The van der Waals surface area contributed by atoms with E-state index >= 15 is 0 Å². The molecule has 2 rings (SSSR count). The number of nitrogens with one attached hydrogen (secondary N) is 1. The summed E-state index contributed by atoms with van der Waals surface area (Å²) >= 11 is 0. The molecule has 2 aromatic carbocycles. The van der Waals surface area contributed by atoms with Gasteiger partial charge in [-0.15, -0.1) is 0 Å². The second-order valence-electron chi connectivity index (χ2n) is 6.08. The first-order valence-corrected chi connectivity index (χ1v) is 8.19. The lowest BCUT2D eigenvalue weighted by Crippen LogP contribution is -2.21. The molecule has 0 aliphatic rings. The van der Waals surface area contributed by atoms with E-state index in [9.17, 15) is 4.79 Å². The summed E-state index contributed by atoms with van der Waals surface area (Å²) in [6.07, 6.45) is 0. The van der Waals surface area contributed by atoms with Crippen molar-refractivity contribution in [3.63, 3.8) is 0 Å². The van der Waals surface area contributed by atoms with Crippen LogP contribution >= 0.6 is 0 Å². The third-order valence-electron chi connectivity index (χ3n) is 3.89. The van der Waals surface area contributed by atoms with Gasteiger partial charge in [-0.3, -0.25) is 4.79 Å². The molecule has 1 N–H and O–H groups in total. The standard InChI is InChI=1S/C20H25NO4/c1-13(2)18-8-6-7-14(3)20(18)21-19(22)12-25-17-10-15(23-4)9-16(11-17)24-5/h6-11,13H,12H2,1-5H3,(H,21,22). The van der Waals surface area contributed by atoms with Crippen LogP contribution in [-0.2, 0) is 4.79 Å². The average Bonchev–Trinajstić information content (AvgIpc) is 2.61. The highest BCUT2D eigenvalue weighted by atomic mass is 16.5. The van der Waals surface area contributed by atoms with E-state index in [4.69, 9.17) is 14.2 Å². The van der Waals surface area contributed by atoms with Crippen molar-refractivity contribution in [2.45, 2.75) is 26.7 Å². The van der Waals surface area contributed by atoms with Crippen molar-refractivity contribution in [3.8, 4) is 17.2 Å². The van der Waals surface area contributed by atoms with E-state index in [1.807, 2.05) is 25.1 Å². The molecule has 2 aromatic rings. The predicted octanol–water partition coefficient (Wildman–Crippen LogP) is 4.15. The SMILES string of the molecule is COc1cc(OC)cc(OCC(=O)Nc2c(C)cccc2C(C)C)c1. The summed E-state index contributed by atoms with van der Waals surface area (Å²) < 4.78 is 16.0. The van der Waals surface area contributed by atoms with Crippen molar-refractivity contribution >= 4 is 11.6 Å². The highest BCUT2D eigenvalue weighted by Gasteiger charge is 2.13. The summed E-state index contributed by atoms with van der Waals surface area (Å²) in [5.74, 6) is 1.84. The van der Waals surface area contributed by atoms with Crippen LogP contribution in [-0.4, -0.2) is 26.7 Å². The molecule has 1 amide bonds. The average molecular weight is 343 g/mol. The summed E-state index contributed by atoms with van der Waals surface area (Å²) in [5, 5.41) is 2.96. The van der Waals surface area contributed by atoms with Crippen LogP contribution in [0.5, 0.6) is 17.2 Å². The van der Waals surface area contributed by atoms with Gasteiger partial charge in [-0.05, 0) is 24.0 Å². The molecule has 25 heavy (non-hydrogen) atoms. The second-order valence-corrected chi connectivity index (χ2v) is 6.08. The normalized spacial score (nSPS) is 10.5. The number of para-hydroxylation sites is 1. The minimum Gasteiger partial charge on any atom is -0.496 e. The fraction of sp³-hybridized carbons (Fsp3) is 0.350. The van der Waals surface area contributed by atoms with E-state index in [-0.39, 0.29) is 12.5 Å². The van der Waals surface area contributed by atoms with Gasteiger partial charge >= 0.3 is 0 Å². The van der Waals surface area contributed by atoms with Crippen LogP contribution < -0.4 is 19.5 Å². The summed E-state index contributed by atoms with van der Waals surface area (Å²) in [6, 6.07) is 11.2. The first-order chi connectivity index (χ1) is 11.9. The van der Waals surface area contributed by atoms with Crippen LogP contribution in [0.2, 0.25) is 0 Å². The maximum absolute atomic E-state index is 12.3. The third-order valence-corrected chi connectivity index (χ3v) is 3.89. The number of aryl methyl sites for hydroxylation is 1. The van der Waals surface area contributed by atoms with E-state index in [0.717, 1.165) is 16.8 Å². The Morgan fingerprint density at radius 3 is 2.20 bits per heavy atom. The first-order valence-electron chi connectivity index (χ1n) is 8.19. The number of ether oxygens (including phenoxy) is 3. The molecular weight excluding hydrogens is 318 g/mol. The number of anilines is 1. The lowest BCUT2D eigenvalue weighted by atomic mass is 9.98. The summed E-state index contributed by atoms with van der Waals surface area (Å²) in [5.41, 5.74) is 2.99. The monoisotopic (exact) mass is 343 g/mol. The van der Waals surface area contributed by atoms with E-state index in [0.29, 0.717) is 23.2 Å². The Kier molecular flexibility index (Phi) is 6.28. The molecule has 0 bridgehead atoms. The van der Waals surface area contributed by atoms with Crippen molar-refractivity contribution in [2.24, 2.45) is 0 Å². The van der Waals surface area contributed by atoms with E-state index in [1.165, 1.54) is 0 Å². The molecule has 0 saturated carbocycles. The molecule has 5 heteroatoms. The van der Waals surface area contributed by atoms with E-state index in [1.54, 1.807) is 32.4 Å². The molecule has 0 aromatic heterocycles. The predicted molar refractivity (Wildman–Crippen MR) is 98.9 cm³/mol. The molecule has 5 nitrogen and oxygen atoms in total. The number of carbonyl (C=O) groups excluding carboxylic acids is 1. The molecular formula is C20H25NO4.